The SMILES string of the molecule is C/C(=C\C(=O)/C=C(O)/C=C/C=C/c1ccccc1)NCCCN(C)C. The summed E-state index contributed by atoms with van der Waals surface area (Å²) in [6.07, 6.45) is 10.6. The fourth-order valence-electron chi connectivity index (χ4n) is 2.07. The average Bonchev–Trinajstić information content (AvgIpc) is 2.56. The van der Waals surface area contributed by atoms with Crippen molar-refractivity contribution in [3.8, 4) is 0 Å². The maximum Gasteiger partial charge on any atom is 0.184 e. The molecule has 0 spiro atoms. The van der Waals surface area contributed by atoms with E-state index in [1.165, 1.54) is 18.2 Å². The summed E-state index contributed by atoms with van der Waals surface area (Å²) >= 11 is 0. The molecule has 1 rings (SSSR count). The Bertz CT molecular complexity index is 641. The number of aliphatic hydroxyl groups excluding tert-OH is 1. The van der Waals surface area contributed by atoms with Crippen LogP contribution in [0.3, 0.4) is 0 Å². The Morgan fingerprint density at radius 1 is 1.16 bits per heavy atom. The van der Waals surface area contributed by atoms with Crippen molar-refractivity contribution in [2.75, 3.05) is 27.2 Å². The molecule has 0 aliphatic rings. The first-order chi connectivity index (χ1) is 12.0. The van der Waals surface area contributed by atoms with Gasteiger partial charge >= 0.3 is 0 Å². The molecule has 25 heavy (non-hydrogen) atoms. The average molecular weight is 340 g/mol. The second-order valence-electron chi connectivity index (χ2n) is 6.01. The van der Waals surface area contributed by atoms with Gasteiger partial charge in [-0.25, -0.2) is 0 Å². The molecule has 1 aromatic carbocycles. The Balaban J connectivity index is 2.43. The lowest BCUT2D eigenvalue weighted by molar-refractivity contribution is -0.110. The standard InChI is InChI=1S/C21H28N2O2/c1-18(22-14-9-15-23(2)3)16-21(25)17-20(24)13-8-7-12-19-10-5-4-6-11-19/h4-8,10-13,16-17,22,24H,9,14-15H2,1-3H3/b12-7+,13-8+,18-16+,20-17-. The number of carbonyl (C=O) groups is 1. The van der Waals surface area contributed by atoms with Crippen molar-refractivity contribution in [2.24, 2.45) is 0 Å². The van der Waals surface area contributed by atoms with E-state index in [2.05, 4.69) is 10.2 Å². The summed E-state index contributed by atoms with van der Waals surface area (Å²) in [4.78, 5) is 14.0. The summed E-state index contributed by atoms with van der Waals surface area (Å²) in [7, 11) is 4.06. The summed E-state index contributed by atoms with van der Waals surface area (Å²) in [6.45, 7) is 3.65. The zero-order valence-corrected chi connectivity index (χ0v) is 15.3. The van der Waals surface area contributed by atoms with Gasteiger partial charge in [0.05, 0.1) is 0 Å². The number of allylic oxidation sites excluding steroid dienone is 6. The molecule has 0 bridgehead atoms. The molecule has 4 heteroatoms. The molecule has 0 atom stereocenters. The maximum atomic E-state index is 11.8. The Labute approximate surface area is 150 Å². The monoisotopic (exact) mass is 340 g/mol. The maximum absolute atomic E-state index is 11.8. The molecule has 0 fully saturated rings. The van der Waals surface area contributed by atoms with Gasteiger partial charge in [0.2, 0.25) is 0 Å². The van der Waals surface area contributed by atoms with Crippen molar-refractivity contribution < 1.29 is 9.90 Å². The molecule has 2 N–H and O–H groups in total. The van der Waals surface area contributed by atoms with E-state index in [0.29, 0.717) is 0 Å². The van der Waals surface area contributed by atoms with Gasteiger partial charge in [-0.1, -0.05) is 48.6 Å². The highest BCUT2D eigenvalue weighted by Crippen LogP contribution is 2.02. The highest BCUT2D eigenvalue weighted by molar-refractivity contribution is 6.00. The van der Waals surface area contributed by atoms with Crippen molar-refractivity contribution in [3.05, 3.63) is 77.7 Å². The largest absolute Gasteiger partial charge is 0.508 e. The van der Waals surface area contributed by atoms with Crippen LogP contribution in [0.4, 0.5) is 0 Å². The number of carbonyl (C=O) groups excluding carboxylic acids is 1. The van der Waals surface area contributed by atoms with E-state index in [9.17, 15) is 9.90 Å². The first-order valence-electron chi connectivity index (χ1n) is 8.38. The van der Waals surface area contributed by atoms with Crippen molar-refractivity contribution in [1.82, 2.24) is 10.2 Å². The highest BCUT2D eigenvalue weighted by Gasteiger charge is 1.97. The first-order valence-corrected chi connectivity index (χ1v) is 8.38. The fourth-order valence-corrected chi connectivity index (χ4v) is 2.07. The van der Waals surface area contributed by atoms with Crippen LogP contribution in [0.15, 0.2) is 72.2 Å². The minimum absolute atomic E-state index is 0.0700. The van der Waals surface area contributed by atoms with Crippen molar-refractivity contribution in [2.45, 2.75) is 13.3 Å². The van der Waals surface area contributed by atoms with E-state index in [1.54, 1.807) is 6.08 Å². The van der Waals surface area contributed by atoms with Crippen LogP contribution in [0.1, 0.15) is 18.9 Å². The predicted molar refractivity (Wildman–Crippen MR) is 105 cm³/mol. The van der Waals surface area contributed by atoms with Gasteiger partial charge in [0.15, 0.2) is 5.78 Å². The zero-order valence-electron chi connectivity index (χ0n) is 15.3. The number of hydrogen-bond acceptors (Lipinski definition) is 4. The second-order valence-corrected chi connectivity index (χ2v) is 6.01. The van der Waals surface area contributed by atoms with E-state index in [-0.39, 0.29) is 11.5 Å². The summed E-state index contributed by atoms with van der Waals surface area (Å²) in [5.41, 5.74) is 1.87. The number of aliphatic hydroxyl groups is 1. The van der Waals surface area contributed by atoms with Crippen LogP contribution in [0, 0.1) is 0 Å². The first kappa shape index (κ1) is 20.5. The molecular formula is C21H28N2O2. The van der Waals surface area contributed by atoms with Crippen LogP contribution >= 0.6 is 0 Å². The smallest absolute Gasteiger partial charge is 0.184 e. The summed E-state index contributed by atoms with van der Waals surface area (Å²) in [5.74, 6) is -0.314. The molecule has 0 amide bonds. The number of benzene rings is 1. The lowest BCUT2D eigenvalue weighted by Crippen LogP contribution is -2.20. The normalized spacial score (nSPS) is 13.1. The quantitative estimate of drug-likeness (QED) is 0.295. The summed E-state index contributed by atoms with van der Waals surface area (Å²) < 4.78 is 0. The molecule has 0 saturated carbocycles. The molecule has 134 valence electrons. The molecule has 1 aromatic rings. The minimum Gasteiger partial charge on any atom is -0.508 e. The summed E-state index contributed by atoms with van der Waals surface area (Å²) in [5, 5.41) is 13.0. The van der Waals surface area contributed by atoms with E-state index in [1.807, 2.05) is 63.5 Å². The Hall–Kier alpha value is -2.59. The van der Waals surface area contributed by atoms with E-state index in [0.717, 1.165) is 30.8 Å². The zero-order chi connectivity index (χ0) is 18.5. The molecule has 4 nitrogen and oxygen atoms in total. The number of ketones is 1. The predicted octanol–water partition coefficient (Wildman–Crippen LogP) is 3.71. The molecule has 0 heterocycles. The summed E-state index contributed by atoms with van der Waals surface area (Å²) in [6, 6.07) is 9.86. The van der Waals surface area contributed by atoms with E-state index >= 15 is 0 Å². The molecule has 0 saturated heterocycles. The van der Waals surface area contributed by atoms with Gasteiger partial charge in [0.25, 0.3) is 0 Å². The van der Waals surface area contributed by atoms with Gasteiger partial charge in [-0.3, -0.25) is 4.79 Å². The van der Waals surface area contributed by atoms with Gasteiger partial charge in [-0.2, -0.15) is 0 Å². The lowest BCUT2D eigenvalue weighted by Gasteiger charge is -2.10. The van der Waals surface area contributed by atoms with E-state index in [4.69, 9.17) is 0 Å². The molecular weight excluding hydrogens is 312 g/mol. The number of rotatable bonds is 10. The third-order valence-electron chi connectivity index (χ3n) is 3.30. The molecule has 0 aromatic heterocycles. The number of hydrogen-bond donors (Lipinski definition) is 2. The van der Waals surface area contributed by atoms with Crippen molar-refractivity contribution >= 4 is 11.9 Å². The topological polar surface area (TPSA) is 52.6 Å². The Kier molecular flexibility index (Phi) is 9.71. The van der Waals surface area contributed by atoms with Crippen LogP contribution in [-0.4, -0.2) is 43.0 Å². The highest BCUT2D eigenvalue weighted by atomic mass is 16.3. The second kappa shape index (κ2) is 11.9. The molecule has 0 radical (unpaired) electrons. The van der Waals surface area contributed by atoms with Gasteiger partial charge in [0.1, 0.15) is 5.76 Å². The van der Waals surface area contributed by atoms with Gasteiger partial charge in [-0.15, -0.1) is 0 Å². The minimum atomic E-state index is -0.244. The number of nitrogens with zero attached hydrogens (tertiary/aromatic N) is 1. The Morgan fingerprint density at radius 3 is 2.56 bits per heavy atom. The van der Waals surface area contributed by atoms with Crippen LogP contribution in [0.25, 0.3) is 6.08 Å². The third-order valence-corrected chi connectivity index (χ3v) is 3.30. The van der Waals surface area contributed by atoms with E-state index < -0.39 is 0 Å². The molecule has 0 aliphatic heterocycles. The van der Waals surface area contributed by atoms with Gasteiger partial charge in [-0.05, 0) is 45.6 Å². The van der Waals surface area contributed by atoms with Crippen LogP contribution < -0.4 is 5.32 Å². The molecule has 0 aliphatic carbocycles. The van der Waals surface area contributed by atoms with Crippen molar-refractivity contribution in [3.63, 3.8) is 0 Å². The van der Waals surface area contributed by atoms with Gasteiger partial charge < -0.3 is 15.3 Å². The lowest BCUT2D eigenvalue weighted by atomic mass is 10.2. The Morgan fingerprint density at radius 2 is 1.88 bits per heavy atom. The fraction of sp³-hybridized carbons (Fsp3) is 0.286. The van der Waals surface area contributed by atoms with Crippen LogP contribution in [0.5, 0.6) is 0 Å². The van der Waals surface area contributed by atoms with Crippen LogP contribution in [-0.2, 0) is 4.79 Å². The molecule has 0 unspecified atom stereocenters. The van der Waals surface area contributed by atoms with Gasteiger partial charge in [0, 0.05) is 24.4 Å². The third kappa shape index (κ3) is 10.7. The number of nitrogens with one attached hydrogen (secondary N) is 1. The van der Waals surface area contributed by atoms with Crippen LogP contribution in [0.2, 0.25) is 0 Å². The van der Waals surface area contributed by atoms with Crippen molar-refractivity contribution in [1.29, 1.82) is 0 Å².